The number of hydrogen-bond acceptors (Lipinski definition) is 2. The minimum Gasteiger partial charge on any atom is -0.352 e. The lowest BCUT2D eigenvalue weighted by molar-refractivity contribution is -0.114. The highest BCUT2D eigenvalue weighted by atomic mass is 16.2. The molecule has 114 valence electrons. The van der Waals surface area contributed by atoms with E-state index in [4.69, 9.17) is 0 Å². The van der Waals surface area contributed by atoms with Gasteiger partial charge >= 0.3 is 0 Å². The Balaban J connectivity index is 1.81. The van der Waals surface area contributed by atoms with Gasteiger partial charge in [0.2, 0.25) is 5.91 Å². The lowest BCUT2D eigenvalue weighted by atomic mass is 10.1. The molecule has 22 heavy (non-hydrogen) atoms. The zero-order valence-corrected chi connectivity index (χ0v) is 12.6. The molecule has 0 unspecified atom stereocenters. The van der Waals surface area contributed by atoms with Crippen molar-refractivity contribution in [3.63, 3.8) is 0 Å². The van der Waals surface area contributed by atoms with Gasteiger partial charge < -0.3 is 10.6 Å². The van der Waals surface area contributed by atoms with Crippen molar-refractivity contribution in [2.24, 2.45) is 0 Å². The third kappa shape index (κ3) is 5.05. The van der Waals surface area contributed by atoms with Crippen LogP contribution in [0.5, 0.6) is 0 Å². The van der Waals surface area contributed by atoms with Crippen molar-refractivity contribution in [3.8, 4) is 0 Å². The van der Waals surface area contributed by atoms with Gasteiger partial charge in [0, 0.05) is 24.7 Å². The molecule has 0 spiro atoms. The fourth-order valence-electron chi connectivity index (χ4n) is 2.18. The van der Waals surface area contributed by atoms with Crippen molar-refractivity contribution >= 4 is 17.5 Å². The average Bonchev–Trinajstić information content (AvgIpc) is 2.52. The first kappa shape index (κ1) is 15.8. The first-order valence-corrected chi connectivity index (χ1v) is 7.35. The Morgan fingerprint density at radius 2 is 1.77 bits per heavy atom. The maximum Gasteiger partial charge on any atom is 0.251 e. The van der Waals surface area contributed by atoms with Crippen LogP contribution in [0.15, 0.2) is 54.6 Å². The predicted molar refractivity (Wildman–Crippen MR) is 87.8 cm³/mol. The van der Waals surface area contributed by atoms with Crippen molar-refractivity contribution < 1.29 is 9.59 Å². The van der Waals surface area contributed by atoms with E-state index in [9.17, 15) is 9.59 Å². The van der Waals surface area contributed by atoms with Gasteiger partial charge in [-0.1, -0.05) is 36.4 Å². The van der Waals surface area contributed by atoms with Gasteiger partial charge in [0.25, 0.3) is 5.91 Å². The summed E-state index contributed by atoms with van der Waals surface area (Å²) in [5.41, 5.74) is 2.44. The first-order valence-electron chi connectivity index (χ1n) is 7.35. The van der Waals surface area contributed by atoms with Gasteiger partial charge in [-0.15, -0.1) is 0 Å². The van der Waals surface area contributed by atoms with E-state index < -0.39 is 0 Å². The highest BCUT2D eigenvalue weighted by Gasteiger charge is 2.06. The SMILES string of the molecule is CC(=O)Nc1cccc(C(=O)NCCCc2ccccc2)c1. The summed E-state index contributed by atoms with van der Waals surface area (Å²) in [6.07, 6.45) is 1.83. The standard InChI is InChI=1S/C18H20N2O2/c1-14(21)20-17-11-5-10-16(13-17)18(22)19-12-6-9-15-7-3-2-4-8-15/h2-5,7-8,10-11,13H,6,9,12H2,1H3,(H,19,22)(H,20,21). The molecule has 4 nitrogen and oxygen atoms in total. The highest BCUT2D eigenvalue weighted by molar-refractivity contribution is 5.96. The lowest BCUT2D eigenvalue weighted by Crippen LogP contribution is -2.24. The molecular weight excluding hydrogens is 276 g/mol. The smallest absolute Gasteiger partial charge is 0.251 e. The van der Waals surface area contributed by atoms with E-state index in [2.05, 4.69) is 22.8 Å². The van der Waals surface area contributed by atoms with Crippen molar-refractivity contribution in [2.75, 3.05) is 11.9 Å². The van der Waals surface area contributed by atoms with Gasteiger partial charge in [0.15, 0.2) is 0 Å². The number of rotatable bonds is 6. The fourth-order valence-corrected chi connectivity index (χ4v) is 2.18. The molecule has 0 atom stereocenters. The minimum atomic E-state index is -0.152. The molecule has 2 amide bonds. The largest absolute Gasteiger partial charge is 0.352 e. The molecule has 0 bridgehead atoms. The second-order valence-electron chi connectivity index (χ2n) is 5.11. The second-order valence-corrected chi connectivity index (χ2v) is 5.11. The topological polar surface area (TPSA) is 58.2 Å². The summed E-state index contributed by atoms with van der Waals surface area (Å²) >= 11 is 0. The van der Waals surface area contributed by atoms with Crippen LogP contribution in [0.3, 0.4) is 0 Å². The summed E-state index contributed by atoms with van der Waals surface area (Å²) in [6, 6.07) is 17.1. The summed E-state index contributed by atoms with van der Waals surface area (Å²) in [7, 11) is 0. The average molecular weight is 296 g/mol. The number of benzene rings is 2. The molecule has 2 aromatic carbocycles. The van der Waals surface area contributed by atoms with Crippen LogP contribution < -0.4 is 10.6 Å². The molecule has 0 aromatic heterocycles. The zero-order chi connectivity index (χ0) is 15.8. The van der Waals surface area contributed by atoms with Crippen molar-refractivity contribution in [1.29, 1.82) is 0 Å². The third-order valence-electron chi connectivity index (χ3n) is 3.22. The molecule has 0 saturated carbocycles. The van der Waals surface area contributed by atoms with Gasteiger partial charge in [-0.25, -0.2) is 0 Å². The van der Waals surface area contributed by atoms with Crippen LogP contribution in [0.1, 0.15) is 29.3 Å². The second kappa shape index (κ2) is 7.98. The molecule has 0 aliphatic carbocycles. The lowest BCUT2D eigenvalue weighted by Gasteiger charge is -2.07. The molecule has 0 saturated heterocycles. The third-order valence-corrected chi connectivity index (χ3v) is 3.22. The summed E-state index contributed by atoms with van der Waals surface area (Å²) < 4.78 is 0. The van der Waals surface area contributed by atoms with E-state index in [-0.39, 0.29) is 11.8 Å². The maximum absolute atomic E-state index is 12.1. The number of nitrogens with one attached hydrogen (secondary N) is 2. The van der Waals surface area contributed by atoms with E-state index in [0.29, 0.717) is 17.8 Å². The molecule has 2 rings (SSSR count). The fraction of sp³-hybridized carbons (Fsp3) is 0.222. The van der Waals surface area contributed by atoms with Crippen LogP contribution >= 0.6 is 0 Å². The zero-order valence-electron chi connectivity index (χ0n) is 12.6. The summed E-state index contributed by atoms with van der Waals surface area (Å²) in [4.78, 5) is 23.1. The van der Waals surface area contributed by atoms with Crippen LogP contribution in [-0.4, -0.2) is 18.4 Å². The van der Waals surface area contributed by atoms with Gasteiger partial charge in [-0.05, 0) is 36.6 Å². The molecule has 0 aliphatic rings. The Morgan fingerprint density at radius 3 is 2.50 bits per heavy atom. The number of amides is 2. The van der Waals surface area contributed by atoms with Gasteiger partial charge in [0.1, 0.15) is 0 Å². The number of carbonyl (C=O) groups is 2. The summed E-state index contributed by atoms with van der Waals surface area (Å²) in [6.45, 7) is 2.06. The van der Waals surface area contributed by atoms with Crippen LogP contribution in [0.2, 0.25) is 0 Å². The molecule has 2 N–H and O–H groups in total. The van der Waals surface area contributed by atoms with E-state index in [1.807, 2.05) is 18.2 Å². The van der Waals surface area contributed by atoms with Crippen molar-refractivity contribution in [3.05, 3.63) is 65.7 Å². The number of hydrogen-bond donors (Lipinski definition) is 2. The Morgan fingerprint density at radius 1 is 1.00 bits per heavy atom. The molecule has 0 aliphatic heterocycles. The van der Waals surface area contributed by atoms with E-state index >= 15 is 0 Å². The molecular formula is C18H20N2O2. The van der Waals surface area contributed by atoms with Crippen LogP contribution in [0.25, 0.3) is 0 Å². The Hall–Kier alpha value is -2.62. The first-order chi connectivity index (χ1) is 10.6. The summed E-state index contributed by atoms with van der Waals surface area (Å²) in [5, 5.41) is 5.57. The van der Waals surface area contributed by atoms with Crippen LogP contribution in [0, 0.1) is 0 Å². The monoisotopic (exact) mass is 296 g/mol. The molecule has 4 heteroatoms. The number of aryl methyl sites for hydroxylation is 1. The molecule has 0 heterocycles. The Bertz CT molecular complexity index is 639. The van der Waals surface area contributed by atoms with E-state index in [1.165, 1.54) is 12.5 Å². The quantitative estimate of drug-likeness (QED) is 0.805. The van der Waals surface area contributed by atoms with Gasteiger partial charge in [-0.2, -0.15) is 0 Å². The van der Waals surface area contributed by atoms with E-state index in [0.717, 1.165) is 12.8 Å². The normalized spacial score (nSPS) is 10.0. The van der Waals surface area contributed by atoms with Crippen LogP contribution in [0.4, 0.5) is 5.69 Å². The molecule has 2 aromatic rings. The van der Waals surface area contributed by atoms with Gasteiger partial charge in [-0.3, -0.25) is 9.59 Å². The van der Waals surface area contributed by atoms with Crippen LogP contribution in [-0.2, 0) is 11.2 Å². The number of anilines is 1. The molecule has 0 fully saturated rings. The van der Waals surface area contributed by atoms with E-state index in [1.54, 1.807) is 24.3 Å². The predicted octanol–water partition coefficient (Wildman–Crippen LogP) is 3.01. The molecule has 0 radical (unpaired) electrons. The Labute approximate surface area is 130 Å². The maximum atomic E-state index is 12.1. The highest BCUT2D eigenvalue weighted by Crippen LogP contribution is 2.10. The minimum absolute atomic E-state index is 0.125. The Kier molecular flexibility index (Phi) is 5.72. The summed E-state index contributed by atoms with van der Waals surface area (Å²) in [5.74, 6) is -0.277. The van der Waals surface area contributed by atoms with Crippen molar-refractivity contribution in [1.82, 2.24) is 5.32 Å². The number of carbonyl (C=O) groups excluding carboxylic acids is 2. The van der Waals surface area contributed by atoms with Gasteiger partial charge in [0.05, 0.1) is 0 Å². The van der Waals surface area contributed by atoms with Crippen molar-refractivity contribution in [2.45, 2.75) is 19.8 Å².